The van der Waals surface area contributed by atoms with Gasteiger partial charge in [0.2, 0.25) is 0 Å². The highest BCUT2D eigenvalue weighted by Gasteiger charge is 2.09. The number of fused-ring (bicyclic) bond motifs is 1. The summed E-state index contributed by atoms with van der Waals surface area (Å²) in [5.41, 5.74) is 2.01. The van der Waals surface area contributed by atoms with E-state index in [1.54, 1.807) is 0 Å². The molecule has 0 saturated carbocycles. The number of hydrogen-bond acceptors (Lipinski definition) is 2. The fourth-order valence-electron chi connectivity index (χ4n) is 1.93. The second-order valence-electron chi connectivity index (χ2n) is 4.02. The van der Waals surface area contributed by atoms with Crippen molar-refractivity contribution in [3.05, 3.63) is 30.1 Å². The van der Waals surface area contributed by atoms with E-state index in [-0.39, 0.29) is 5.78 Å². The van der Waals surface area contributed by atoms with Crippen molar-refractivity contribution in [2.24, 2.45) is 0 Å². The van der Waals surface area contributed by atoms with E-state index < -0.39 is 0 Å². The van der Waals surface area contributed by atoms with Gasteiger partial charge in [-0.1, -0.05) is 19.1 Å². The number of carbonyl (C=O) groups excluding carboxylic acids is 1. The average Bonchev–Trinajstić information content (AvgIpc) is 2.56. The van der Waals surface area contributed by atoms with Crippen molar-refractivity contribution in [1.82, 2.24) is 9.55 Å². The van der Waals surface area contributed by atoms with Crippen LogP contribution in [0.15, 0.2) is 24.3 Å². The van der Waals surface area contributed by atoms with E-state index in [2.05, 4.69) is 4.98 Å². The van der Waals surface area contributed by atoms with Gasteiger partial charge < -0.3 is 4.57 Å². The molecule has 1 heterocycles. The van der Waals surface area contributed by atoms with Crippen LogP contribution in [0.3, 0.4) is 0 Å². The van der Waals surface area contributed by atoms with Gasteiger partial charge in [0, 0.05) is 6.42 Å². The molecule has 0 atom stereocenters. The van der Waals surface area contributed by atoms with Crippen LogP contribution in [0.4, 0.5) is 0 Å². The van der Waals surface area contributed by atoms with Gasteiger partial charge in [-0.05, 0) is 25.5 Å². The number of carbonyl (C=O) groups is 1. The normalized spacial score (nSPS) is 10.9. The smallest absolute Gasteiger partial charge is 0.152 e. The Kier molecular flexibility index (Phi) is 3.04. The summed E-state index contributed by atoms with van der Waals surface area (Å²) in [4.78, 5) is 16.1. The van der Waals surface area contributed by atoms with Crippen LogP contribution in [0.5, 0.6) is 0 Å². The summed E-state index contributed by atoms with van der Waals surface area (Å²) in [7, 11) is 0. The molecule has 2 aromatic rings. The van der Waals surface area contributed by atoms with Gasteiger partial charge in [-0.25, -0.2) is 4.98 Å². The molecular weight excluding hydrogens is 200 g/mol. The van der Waals surface area contributed by atoms with Crippen LogP contribution < -0.4 is 0 Å². The first kappa shape index (κ1) is 10.9. The number of aromatic nitrogens is 2. The lowest BCUT2D eigenvalue weighted by atomic mass is 10.2. The zero-order valence-corrected chi connectivity index (χ0v) is 9.73. The van der Waals surface area contributed by atoms with Crippen LogP contribution in [0.1, 0.15) is 25.6 Å². The Morgan fingerprint density at radius 2 is 2.12 bits per heavy atom. The molecule has 0 aliphatic rings. The minimum atomic E-state index is 0.272. The number of Topliss-reactive ketones (excluding diaryl/α,β-unsaturated/α-hetero) is 1. The van der Waals surface area contributed by atoms with E-state index in [4.69, 9.17) is 0 Å². The van der Waals surface area contributed by atoms with E-state index in [1.165, 1.54) is 0 Å². The molecule has 0 saturated heterocycles. The van der Waals surface area contributed by atoms with E-state index in [1.807, 2.05) is 42.7 Å². The predicted molar refractivity (Wildman–Crippen MR) is 64.4 cm³/mol. The van der Waals surface area contributed by atoms with Crippen molar-refractivity contribution in [2.45, 2.75) is 33.2 Å². The molecule has 0 radical (unpaired) electrons. The zero-order valence-electron chi connectivity index (χ0n) is 9.73. The van der Waals surface area contributed by atoms with Gasteiger partial charge in [-0.3, -0.25) is 4.79 Å². The van der Waals surface area contributed by atoms with Gasteiger partial charge in [0.15, 0.2) is 5.78 Å². The van der Waals surface area contributed by atoms with Gasteiger partial charge in [0.1, 0.15) is 5.82 Å². The van der Waals surface area contributed by atoms with Crippen molar-refractivity contribution in [3.8, 4) is 0 Å². The number of para-hydroxylation sites is 2. The number of aryl methyl sites for hydroxylation is 1. The maximum Gasteiger partial charge on any atom is 0.152 e. The molecule has 16 heavy (non-hydrogen) atoms. The van der Waals surface area contributed by atoms with Gasteiger partial charge in [-0.15, -0.1) is 0 Å². The summed E-state index contributed by atoms with van der Waals surface area (Å²) in [6.07, 6.45) is 1.55. The van der Waals surface area contributed by atoms with E-state index in [9.17, 15) is 4.79 Å². The van der Waals surface area contributed by atoms with Crippen LogP contribution in [-0.4, -0.2) is 15.3 Å². The Labute approximate surface area is 95.1 Å². The molecule has 0 aliphatic heterocycles. The number of ketones is 1. The Balaban J connectivity index is 2.36. The molecule has 0 bridgehead atoms. The standard InChI is InChI=1S/C13H16N2O/c1-3-6-11(16)9-15-10(2)14-12-7-4-5-8-13(12)15/h4-5,7-8H,3,6,9H2,1-2H3. The number of benzene rings is 1. The molecule has 1 aromatic carbocycles. The SMILES string of the molecule is CCCC(=O)Cn1c(C)nc2ccccc21. The highest BCUT2D eigenvalue weighted by molar-refractivity contribution is 5.82. The quantitative estimate of drug-likeness (QED) is 0.787. The van der Waals surface area contributed by atoms with E-state index >= 15 is 0 Å². The molecule has 2 rings (SSSR count). The van der Waals surface area contributed by atoms with Gasteiger partial charge in [0.05, 0.1) is 17.6 Å². The Hall–Kier alpha value is -1.64. The van der Waals surface area contributed by atoms with Crippen molar-refractivity contribution < 1.29 is 4.79 Å². The zero-order chi connectivity index (χ0) is 11.5. The van der Waals surface area contributed by atoms with Crippen LogP contribution in [0, 0.1) is 6.92 Å². The largest absolute Gasteiger partial charge is 0.321 e. The lowest BCUT2D eigenvalue weighted by Crippen LogP contribution is -2.10. The fourth-order valence-corrected chi connectivity index (χ4v) is 1.93. The maximum atomic E-state index is 11.7. The van der Waals surface area contributed by atoms with Crippen LogP contribution in [0.25, 0.3) is 11.0 Å². The molecule has 0 fully saturated rings. The summed E-state index contributed by atoms with van der Waals surface area (Å²) < 4.78 is 1.99. The third-order valence-corrected chi connectivity index (χ3v) is 2.71. The van der Waals surface area contributed by atoms with Crippen LogP contribution in [-0.2, 0) is 11.3 Å². The Morgan fingerprint density at radius 1 is 1.38 bits per heavy atom. The summed E-state index contributed by atoms with van der Waals surface area (Å²) in [5, 5.41) is 0. The highest BCUT2D eigenvalue weighted by atomic mass is 16.1. The first-order valence-corrected chi connectivity index (χ1v) is 5.66. The molecule has 84 valence electrons. The lowest BCUT2D eigenvalue weighted by molar-refractivity contribution is -0.119. The van der Waals surface area contributed by atoms with Crippen molar-refractivity contribution in [3.63, 3.8) is 0 Å². The molecule has 1 aromatic heterocycles. The molecule has 3 heteroatoms. The Bertz CT molecular complexity index is 514. The molecule has 0 N–H and O–H groups in total. The molecule has 0 amide bonds. The third-order valence-electron chi connectivity index (χ3n) is 2.71. The minimum absolute atomic E-state index is 0.272. The van der Waals surface area contributed by atoms with Crippen LogP contribution in [0.2, 0.25) is 0 Å². The number of nitrogens with zero attached hydrogens (tertiary/aromatic N) is 2. The van der Waals surface area contributed by atoms with E-state index in [0.717, 1.165) is 23.3 Å². The first-order valence-electron chi connectivity index (χ1n) is 5.66. The first-order chi connectivity index (χ1) is 7.72. The molecule has 3 nitrogen and oxygen atoms in total. The predicted octanol–water partition coefficient (Wildman–Crippen LogP) is 2.71. The fraction of sp³-hybridized carbons (Fsp3) is 0.385. The molecular formula is C13H16N2O. The highest BCUT2D eigenvalue weighted by Crippen LogP contribution is 2.15. The topological polar surface area (TPSA) is 34.9 Å². The molecule has 0 aliphatic carbocycles. The second-order valence-corrected chi connectivity index (χ2v) is 4.02. The van der Waals surface area contributed by atoms with Crippen LogP contribution >= 0.6 is 0 Å². The van der Waals surface area contributed by atoms with Gasteiger partial charge in [-0.2, -0.15) is 0 Å². The average molecular weight is 216 g/mol. The number of imidazole rings is 1. The maximum absolute atomic E-state index is 11.7. The lowest BCUT2D eigenvalue weighted by Gasteiger charge is -2.04. The van der Waals surface area contributed by atoms with Crippen molar-refractivity contribution in [1.29, 1.82) is 0 Å². The van der Waals surface area contributed by atoms with Crippen molar-refractivity contribution in [2.75, 3.05) is 0 Å². The molecule has 0 unspecified atom stereocenters. The second kappa shape index (κ2) is 4.47. The summed E-state index contributed by atoms with van der Waals surface area (Å²) >= 11 is 0. The Morgan fingerprint density at radius 3 is 2.88 bits per heavy atom. The monoisotopic (exact) mass is 216 g/mol. The number of hydrogen-bond donors (Lipinski definition) is 0. The van der Waals surface area contributed by atoms with Crippen molar-refractivity contribution >= 4 is 16.8 Å². The number of rotatable bonds is 4. The summed E-state index contributed by atoms with van der Waals surface area (Å²) in [5.74, 6) is 1.18. The minimum Gasteiger partial charge on any atom is -0.321 e. The van der Waals surface area contributed by atoms with Gasteiger partial charge in [0.25, 0.3) is 0 Å². The van der Waals surface area contributed by atoms with E-state index in [0.29, 0.717) is 13.0 Å². The van der Waals surface area contributed by atoms with Gasteiger partial charge >= 0.3 is 0 Å². The third kappa shape index (κ3) is 1.98. The summed E-state index contributed by atoms with van der Waals surface area (Å²) in [6.45, 7) is 4.41. The summed E-state index contributed by atoms with van der Waals surface area (Å²) in [6, 6.07) is 7.93. The molecule has 0 spiro atoms.